The second kappa shape index (κ2) is 7.47. The van der Waals surface area contributed by atoms with E-state index in [-0.39, 0.29) is 28.1 Å². The average molecular weight is 355 g/mol. The largest absolute Gasteiger partial charge is 0.495 e. The van der Waals surface area contributed by atoms with Gasteiger partial charge in [0.2, 0.25) is 5.91 Å². The molecule has 23 heavy (non-hydrogen) atoms. The van der Waals surface area contributed by atoms with Crippen LogP contribution in [0.25, 0.3) is 0 Å². The van der Waals surface area contributed by atoms with Crippen LogP contribution >= 0.6 is 23.4 Å². The van der Waals surface area contributed by atoms with Gasteiger partial charge in [-0.25, -0.2) is 0 Å². The Balaban J connectivity index is 2.03. The number of thioether (sulfide) groups is 1. The number of anilines is 1. The van der Waals surface area contributed by atoms with E-state index >= 15 is 0 Å². The number of amides is 1. The number of aromatic amines is 1. The number of nitrogens with zero attached hydrogens (tertiary/aromatic N) is 2. The van der Waals surface area contributed by atoms with E-state index in [1.165, 1.54) is 7.11 Å². The monoisotopic (exact) mass is 354 g/mol. The Morgan fingerprint density at radius 1 is 1.39 bits per heavy atom. The summed E-state index contributed by atoms with van der Waals surface area (Å²) in [7, 11) is 1.50. The van der Waals surface area contributed by atoms with Crippen molar-refractivity contribution in [1.82, 2.24) is 15.2 Å². The van der Waals surface area contributed by atoms with Gasteiger partial charge in [-0.05, 0) is 25.5 Å². The van der Waals surface area contributed by atoms with Crippen molar-refractivity contribution >= 4 is 35.0 Å². The fraction of sp³-hybridized carbons (Fsp3) is 0.286. The van der Waals surface area contributed by atoms with Gasteiger partial charge in [-0.15, -0.1) is 10.2 Å². The maximum absolute atomic E-state index is 12.0. The highest BCUT2D eigenvalue weighted by molar-refractivity contribution is 7.99. The van der Waals surface area contributed by atoms with Gasteiger partial charge in [0.25, 0.3) is 5.56 Å². The molecule has 2 N–H and O–H groups in total. The number of methoxy groups -OCH3 is 1. The first-order valence-electron chi connectivity index (χ1n) is 6.61. The Bertz CT molecular complexity index is 794. The predicted molar refractivity (Wildman–Crippen MR) is 89.5 cm³/mol. The van der Waals surface area contributed by atoms with Gasteiger partial charge in [-0.3, -0.25) is 14.6 Å². The molecule has 1 amide bonds. The molecule has 1 heterocycles. The molecular weight excluding hydrogens is 340 g/mol. The number of hydrogen-bond acceptors (Lipinski definition) is 6. The van der Waals surface area contributed by atoms with Crippen molar-refractivity contribution in [3.05, 3.63) is 38.8 Å². The minimum atomic E-state index is -0.321. The number of H-pyrrole nitrogens is 1. The molecular formula is C14H15ClN4O3S. The van der Waals surface area contributed by atoms with Gasteiger partial charge in [-0.2, -0.15) is 0 Å². The summed E-state index contributed by atoms with van der Waals surface area (Å²) in [6, 6.07) is 3.37. The quantitative estimate of drug-likeness (QED) is 0.799. The molecule has 2 aromatic rings. The van der Waals surface area contributed by atoms with Gasteiger partial charge in [0, 0.05) is 11.1 Å². The second-order valence-corrected chi connectivity index (χ2v) is 6.05. The molecule has 0 saturated heterocycles. The lowest BCUT2D eigenvalue weighted by Crippen LogP contribution is -2.17. The molecule has 0 aliphatic rings. The number of rotatable bonds is 5. The van der Waals surface area contributed by atoms with Gasteiger partial charge in [0.05, 0.1) is 18.6 Å². The Kier molecular flexibility index (Phi) is 5.62. The van der Waals surface area contributed by atoms with E-state index in [1.54, 1.807) is 19.1 Å². The lowest BCUT2D eigenvalue weighted by atomic mass is 10.2. The van der Waals surface area contributed by atoms with Crippen LogP contribution in [0.2, 0.25) is 5.02 Å². The summed E-state index contributed by atoms with van der Waals surface area (Å²) < 4.78 is 5.20. The van der Waals surface area contributed by atoms with Crippen molar-refractivity contribution in [2.24, 2.45) is 0 Å². The molecule has 0 radical (unpaired) electrons. The number of ether oxygens (including phenoxy) is 1. The van der Waals surface area contributed by atoms with Gasteiger partial charge in [0.1, 0.15) is 11.4 Å². The normalized spacial score (nSPS) is 10.4. The molecule has 0 aliphatic carbocycles. The molecule has 0 bridgehead atoms. The number of carbonyl (C=O) groups excluding carboxylic acids is 1. The Morgan fingerprint density at radius 2 is 2.13 bits per heavy atom. The number of benzene rings is 1. The summed E-state index contributed by atoms with van der Waals surface area (Å²) in [5.41, 5.74) is 1.31. The highest BCUT2D eigenvalue weighted by atomic mass is 35.5. The molecule has 9 heteroatoms. The van der Waals surface area contributed by atoms with Crippen LogP contribution in [0, 0.1) is 13.8 Å². The fourth-order valence-corrected chi connectivity index (χ4v) is 2.45. The Labute approximate surface area is 141 Å². The van der Waals surface area contributed by atoms with Crippen molar-refractivity contribution in [3.8, 4) is 5.75 Å². The molecule has 0 atom stereocenters. The average Bonchev–Trinajstić information content (AvgIpc) is 2.52. The summed E-state index contributed by atoms with van der Waals surface area (Å²) in [4.78, 5) is 26.0. The van der Waals surface area contributed by atoms with Gasteiger partial charge in [-0.1, -0.05) is 23.4 Å². The molecule has 7 nitrogen and oxygen atoms in total. The zero-order valence-electron chi connectivity index (χ0n) is 12.8. The van der Waals surface area contributed by atoms with Crippen molar-refractivity contribution in [1.29, 1.82) is 0 Å². The highest BCUT2D eigenvalue weighted by Crippen LogP contribution is 2.31. The third kappa shape index (κ3) is 4.46. The van der Waals surface area contributed by atoms with E-state index in [4.69, 9.17) is 16.3 Å². The van der Waals surface area contributed by atoms with E-state index in [1.807, 2.05) is 6.92 Å². The number of hydrogen-bond donors (Lipinski definition) is 2. The van der Waals surface area contributed by atoms with Crippen LogP contribution in [0.3, 0.4) is 0 Å². The molecule has 0 fully saturated rings. The third-order valence-electron chi connectivity index (χ3n) is 2.93. The standard InChI is InChI=1S/C14H15ClN4O3S/c1-7-4-10(11(22-3)5-9(7)15)16-12(20)6-23-14-17-13(21)8(2)18-19-14/h4-5H,6H2,1-3H3,(H,16,20)(H,17,19,21). The summed E-state index contributed by atoms with van der Waals surface area (Å²) in [6.45, 7) is 3.39. The maximum atomic E-state index is 12.0. The van der Waals surface area contributed by atoms with Crippen LogP contribution in [-0.2, 0) is 4.79 Å². The topological polar surface area (TPSA) is 97.0 Å². The van der Waals surface area contributed by atoms with Crippen LogP contribution in [-0.4, -0.2) is 34.0 Å². The minimum absolute atomic E-state index is 0.0680. The number of halogens is 1. The molecule has 0 spiro atoms. The lowest BCUT2D eigenvalue weighted by Gasteiger charge is -2.12. The molecule has 0 unspecified atom stereocenters. The molecule has 2 rings (SSSR count). The first-order chi connectivity index (χ1) is 10.9. The smallest absolute Gasteiger partial charge is 0.273 e. The van der Waals surface area contributed by atoms with Crippen molar-refractivity contribution < 1.29 is 9.53 Å². The number of carbonyl (C=O) groups is 1. The van der Waals surface area contributed by atoms with E-state index in [0.29, 0.717) is 16.5 Å². The van der Waals surface area contributed by atoms with Gasteiger partial charge < -0.3 is 10.1 Å². The van der Waals surface area contributed by atoms with E-state index in [9.17, 15) is 9.59 Å². The molecule has 0 aliphatic heterocycles. The van der Waals surface area contributed by atoms with Gasteiger partial charge >= 0.3 is 0 Å². The van der Waals surface area contributed by atoms with Crippen LogP contribution in [0.15, 0.2) is 22.1 Å². The SMILES string of the molecule is COc1cc(Cl)c(C)cc1NC(=O)CSc1nnc(C)c(=O)[nH]1. The Morgan fingerprint density at radius 3 is 2.78 bits per heavy atom. The summed E-state index contributed by atoms with van der Waals surface area (Å²) in [5, 5.41) is 11.1. The van der Waals surface area contributed by atoms with Crippen LogP contribution in [0.4, 0.5) is 5.69 Å². The zero-order chi connectivity index (χ0) is 17.0. The van der Waals surface area contributed by atoms with E-state index < -0.39 is 0 Å². The number of aromatic nitrogens is 3. The summed E-state index contributed by atoms with van der Waals surface area (Å²) in [6.07, 6.45) is 0. The molecule has 0 saturated carbocycles. The molecule has 1 aromatic carbocycles. The minimum Gasteiger partial charge on any atom is -0.495 e. The maximum Gasteiger partial charge on any atom is 0.273 e. The van der Waals surface area contributed by atoms with Crippen LogP contribution in [0.1, 0.15) is 11.3 Å². The second-order valence-electron chi connectivity index (χ2n) is 4.68. The highest BCUT2D eigenvalue weighted by Gasteiger charge is 2.11. The van der Waals surface area contributed by atoms with Crippen LogP contribution in [0.5, 0.6) is 5.75 Å². The first-order valence-corrected chi connectivity index (χ1v) is 7.97. The summed E-state index contributed by atoms with van der Waals surface area (Å²) >= 11 is 7.11. The van der Waals surface area contributed by atoms with Crippen molar-refractivity contribution in [3.63, 3.8) is 0 Å². The summed E-state index contributed by atoms with van der Waals surface area (Å²) in [5.74, 6) is 0.277. The van der Waals surface area contributed by atoms with E-state index in [2.05, 4.69) is 20.5 Å². The van der Waals surface area contributed by atoms with Gasteiger partial charge in [0.15, 0.2) is 5.16 Å². The third-order valence-corrected chi connectivity index (χ3v) is 4.21. The molecule has 1 aromatic heterocycles. The zero-order valence-corrected chi connectivity index (χ0v) is 14.3. The molecule has 122 valence electrons. The van der Waals surface area contributed by atoms with Crippen molar-refractivity contribution in [2.75, 3.05) is 18.2 Å². The fourth-order valence-electron chi connectivity index (χ4n) is 1.69. The Hall–Kier alpha value is -2.06. The number of nitrogens with one attached hydrogen (secondary N) is 2. The number of aryl methyl sites for hydroxylation is 2. The van der Waals surface area contributed by atoms with E-state index in [0.717, 1.165) is 17.3 Å². The van der Waals surface area contributed by atoms with Crippen LogP contribution < -0.4 is 15.6 Å². The predicted octanol–water partition coefficient (Wildman–Crippen LogP) is 2.17. The lowest BCUT2D eigenvalue weighted by molar-refractivity contribution is -0.113. The first kappa shape index (κ1) is 17.3. The van der Waals surface area contributed by atoms with Crippen molar-refractivity contribution in [2.45, 2.75) is 19.0 Å².